The zero-order valence-electron chi connectivity index (χ0n) is 8.52. The maximum Gasteiger partial charge on any atom is -0.0193 e. The van der Waals surface area contributed by atoms with Gasteiger partial charge in [-0.25, -0.2) is 0 Å². The van der Waals surface area contributed by atoms with Crippen molar-refractivity contribution in [2.45, 2.75) is 40.0 Å². The van der Waals surface area contributed by atoms with Gasteiger partial charge in [0.25, 0.3) is 0 Å². The highest BCUT2D eigenvalue weighted by atomic mass is 14.1. The maximum absolute atomic E-state index is 2.31. The Balaban J connectivity index is 2.96. The Bertz CT molecular complexity index is 261. The molecule has 0 aromatic heterocycles. The van der Waals surface area contributed by atoms with E-state index < -0.39 is 0 Å². The molecule has 0 bridgehead atoms. The lowest BCUT2D eigenvalue weighted by Crippen LogP contribution is -1.92. The van der Waals surface area contributed by atoms with E-state index in [4.69, 9.17) is 0 Å². The fourth-order valence-electron chi connectivity index (χ4n) is 1.31. The van der Waals surface area contributed by atoms with Crippen LogP contribution in [0.3, 0.4) is 0 Å². The summed E-state index contributed by atoms with van der Waals surface area (Å²) in [7, 11) is 0. The molecule has 12 heavy (non-hydrogen) atoms. The van der Waals surface area contributed by atoms with Gasteiger partial charge < -0.3 is 0 Å². The molecule has 0 heteroatoms. The van der Waals surface area contributed by atoms with Crippen LogP contribution in [0.1, 0.15) is 42.9 Å². The van der Waals surface area contributed by atoms with Crippen molar-refractivity contribution >= 4 is 0 Å². The van der Waals surface area contributed by atoms with Gasteiger partial charge >= 0.3 is 0 Å². The summed E-state index contributed by atoms with van der Waals surface area (Å²) in [6.07, 6.45) is 1.22. The van der Waals surface area contributed by atoms with Gasteiger partial charge in [0.05, 0.1) is 0 Å². The molecule has 0 aliphatic heterocycles. The number of hydrogen-bond donors (Lipinski definition) is 0. The molecule has 1 aromatic rings. The first-order valence-corrected chi connectivity index (χ1v) is 4.72. The third-order valence-corrected chi connectivity index (χ3v) is 2.71. The average Bonchev–Trinajstić information content (AvgIpc) is 2.08. The molecule has 0 nitrogen and oxygen atoms in total. The van der Waals surface area contributed by atoms with Crippen LogP contribution in [-0.2, 0) is 0 Å². The Morgan fingerprint density at radius 2 is 1.83 bits per heavy atom. The van der Waals surface area contributed by atoms with Crippen LogP contribution < -0.4 is 0 Å². The Morgan fingerprint density at radius 1 is 1.17 bits per heavy atom. The molecule has 0 aliphatic carbocycles. The second-order valence-corrected chi connectivity index (χ2v) is 3.65. The van der Waals surface area contributed by atoms with E-state index in [0.717, 1.165) is 0 Å². The molecule has 0 saturated carbocycles. The summed E-state index contributed by atoms with van der Waals surface area (Å²) < 4.78 is 0. The van der Waals surface area contributed by atoms with Gasteiger partial charge in [-0.2, -0.15) is 0 Å². The lowest BCUT2D eigenvalue weighted by atomic mass is 9.95. The van der Waals surface area contributed by atoms with Crippen LogP contribution in [0.2, 0.25) is 0 Å². The molecule has 0 N–H and O–H groups in total. The minimum absolute atomic E-state index is 0.698. The predicted molar refractivity (Wildman–Crippen MR) is 54.6 cm³/mol. The minimum atomic E-state index is 0.698. The zero-order valence-corrected chi connectivity index (χ0v) is 8.52. The molecule has 0 unspecified atom stereocenters. The molecule has 0 saturated heterocycles. The molecule has 0 spiro atoms. The number of rotatable bonds is 2. The molecule has 66 valence electrons. The topological polar surface area (TPSA) is 0 Å². The number of benzene rings is 1. The maximum atomic E-state index is 2.31. The van der Waals surface area contributed by atoms with E-state index in [9.17, 15) is 0 Å². The standard InChI is InChI=1S/C12H18/c1-5-9(2)12-7-6-10(3)11(4)8-12/h6-9H,5H2,1-4H3/t9-/m0/s1. The first-order chi connectivity index (χ1) is 5.65. The Morgan fingerprint density at radius 3 is 2.33 bits per heavy atom. The van der Waals surface area contributed by atoms with Gasteiger partial charge in [-0.15, -0.1) is 0 Å². The van der Waals surface area contributed by atoms with Gasteiger partial charge in [-0.3, -0.25) is 0 Å². The van der Waals surface area contributed by atoms with Gasteiger partial charge in [0.15, 0.2) is 0 Å². The summed E-state index contributed by atoms with van der Waals surface area (Å²) in [5, 5.41) is 0. The predicted octanol–water partition coefficient (Wildman–Crippen LogP) is 3.82. The molecule has 0 heterocycles. The molecule has 1 atom stereocenters. The number of aryl methyl sites for hydroxylation is 2. The number of hydrogen-bond acceptors (Lipinski definition) is 0. The first-order valence-electron chi connectivity index (χ1n) is 4.72. The van der Waals surface area contributed by atoms with Crippen molar-refractivity contribution in [3.8, 4) is 0 Å². The zero-order chi connectivity index (χ0) is 9.14. The van der Waals surface area contributed by atoms with Crippen molar-refractivity contribution < 1.29 is 0 Å². The first kappa shape index (κ1) is 9.31. The quantitative estimate of drug-likeness (QED) is 0.620. The van der Waals surface area contributed by atoms with E-state index in [1.54, 1.807) is 0 Å². The second kappa shape index (κ2) is 3.75. The highest BCUT2D eigenvalue weighted by molar-refractivity contribution is 5.31. The Hall–Kier alpha value is -0.780. The van der Waals surface area contributed by atoms with E-state index in [0.29, 0.717) is 5.92 Å². The van der Waals surface area contributed by atoms with Crippen LogP contribution >= 0.6 is 0 Å². The summed E-state index contributed by atoms with van der Waals surface area (Å²) in [4.78, 5) is 0. The van der Waals surface area contributed by atoms with Crippen molar-refractivity contribution in [3.63, 3.8) is 0 Å². The molecule has 0 radical (unpaired) electrons. The highest BCUT2D eigenvalue weighted by Crippen LogP contribution is 2.20. The van der Waals surface area contributed by atoms with Crippen LogP contribution in [-0.4, -0.2) is 0 Å². The molecule has 1 aromatic carbocycles. The van der Waals surface area contributed by atoms with Gasteiger partial charge in [0.2, 0.25) is 0 Å². The highest BCUT2D eigenvalue weighted by Gasteiger charge is 2.02. The van der Waals surface area contributed by atoms with Gasteiger partial charge in [0.1, 0.15) is 0 Å². The Kier molecular flexibility index (Phi) is 2.91. The van der Waals surface area contributed by atoms with Gasteiger partial charge in [0, 0.05) is 0 Å². The van der Waals surface area contributed by atoms with Crippen molar-refractivity contribution in [1.29, 1.82) is 0 Å². The SMILES string of the molecule is CC[C@H](C)c1ccc(C)c(C)c1. The van der Waals surface area contributed by atoms with E-state index >= 15 is 0 Å². The van der Waals surface area contributed by atoms with Crippen LogP contribution in [0.5, 0.6) is 0 Å². The third kappa shape index (κ3) is 1.88. The van der Waals surface area contributed by atoms with Crippen molar-refractivity contribution in [2.24, 2.45) is 0 Å². The van der Waals surface area contributed by atoms with E-state index in [1.807, 2.05) is 0 Å². The summed E-state index contributed by atoms with van der Waals surface area (Å²) in [5.41, 5.74) is 4.27. The smallest absolute Gasteiger partial charge is 0.0193 e. The average molecular weight is 162 g/mol. The van der Waals surface area contributed by atoms with Gasteiger partial charge in [-0.05, 0) is 42.9 Å². The van der Waals surface area contributed by atoms with Crippen molar-refractivity contribution in [2.75, 3.05) is 0 Å². The molecular formula is C12H18. The van der Waals surface area contributed by atoms with Crippen molar-refractivity contribution in [1.82, 2.24) is 0 Å². The van der Waals surface area contributed by atoms with Gasteiger partial charge in [-0.1, -0.05) is 32.0 Å². The van der Waals surface area contributed by atoms with Crippen LogP contribution in [0.25, 0.3) is 0 Å². The van der Waals surface area contributed by atoms with Crippen LogP contribution in [0.4, 0.5) is 0 Å². The summed E-state index contributed by atoms with van der Waals surface area (Å²) in [6, 6.07) is 6.77. The van der Waals surface area contributed by atoms with Crippen LogP contribution in [0, 0.1) is 13.8 Å². The largest absolute Gasteiger partial charge is 0.0648 e. The molecule has 0 fully saturated rings. The fourth-order valence-corrected chi connectivity index (χ4v) is 1.31. The molecule has 0 amide bonds. The Labute approximate surface area is 75.6 Å². The lowest BCUT2D eigenvalue weighted by Gasteiger charge is -2.10. The van der Waals surface area contributed by atoms with E-state index in [1.165, 1.54) is 23.1 Å². The van der Waals surface area contributed by atoms with E-state index in [2.05, 4.69) is 45.9 Å². The molecule has 0 aliphatic rings. The van der Waals surface area contributed by atoms with E-state index in [-0.39, 0.29) is 0 Å². The van der Waals surface area contributed by atoms with Crippen LogP contribution in [0.15, 0.2) is 18.2 Å². The fraction of sp³-hybridized carbons (Fsp3) is 0.500. The summed E-state index contributed by atoms with van der Waals surface area (Å²) >= 11 is 0. The lowest BCUT2D eigenvalue weighted by molar-refractivity contribution is 0.732. The molecular weight excluding hydrogens is 144 g/mol. The third-order valence-electron chi connectivity index (χ3n) is 2.71. The summed E-state index contributed by atoms with van der Waals surface area (Å²) in [5.74, 6) is 0.698. The monoisotopic (exact) mass is 162 g/mol. The molecule has 1 rings (SSSR count). The normalized spacial score (nSPS) is 13.0. The summed E-state index contributed by atoms with van der Waals surface area (Å²) in [6.45, 7) is 8.86. The second-order valence-electron chi connectivity index (χ2n) is 3.65. The minimum Gasteiger partial charge on any atom is -0.0648 e. The van der Waals surface area contributed by atoms with Crippen molar-refractivity contribution in [3.05, 3.63) is 34.9 Å².